The maximum atomic E-state index is 12.8. The van der Waals surface area contributed by atoms with Crippen LogP contribution in [-0.4, -0.2) is 50.1 Å². The van der Waals surface area contributed by atoms with Crippen molar-refractivity contribution < 1.29 is 4.79 Å². The van der Waals surface area contributed by atoms with Gasteiger partial charge in [0.15, 0.2) is 0 Å². The quantitative estimate of drug-likeness (QED) is 0.848. The molecule has 0 unspecified atom stereocenters. The van der Waals surface area contributed by atoms with Crippen LogP contribution in [0.15, 0.2) is 24.5 Å². The van der Waals surface area contributed by atoms with E-state index in [4.69, 9.17) is 5.10 Å². The summed E-state index contributed by atoms with van der Waals surface area (Å²) in [6.45, 7) is 9.02. The van der Waals surface area contributed by atoms with Crippen LogP contribution in [-0.2, 0) is 19.5 Å². The number of pyridine rings is 1. The molecule has 1 fully saturated rings. The predicted molar refractivity (Wildman–Crippen MR) is 99.8 cm³/mol. The minimum absolute atomic E-state index is 0.0793. The van der Waals surface area contributed by atoms with E-state index in [1.807, 2.05) is 4.90 Å². The normalized spacial score (nSPS) is 17.7. The van der Waals surface area contributed by atoms with Gasteiger partial charge in [-0.25, -0.2) is 0 Å². The summed E-state index contributed by atoms with van der Waals surface area (Å²) in [4.78, 5) is 21.3. The number of fused-ring (bicyclic) bond motifs is 1. The van der Waals surface area contributed by atoms with Gasteiger partial charge in [-0.3, -0.25) is 19.4 Å². The Kier molecular flexibility index (Phi) is 4.76. The maximum absolute atomic E-state index is 12.8. The Morgan fingerprint density at radius 1 is 1.15 bits per heavy atom. The van der Waals surface area contributed by atoms with E-state index in [2.05, 4.69) is 28.4 Å². The molecule has 0 bridgehead atoms. The van der Waals surface area contributed by atoms with Crippen molar-refractivity contribution in [1.29, 1.82) is 0 Å². The summed E-state index contributed by atoms with van der Waals surface area (Å²) in [5.74, 6) is 0.0793. The summed E-state index contributed by atoms with van der Waals surface area (Å²) in [6.07, 6.45) is 6.83. The Bertz CT molecular complexity index is 777. The predicted octanol–water partition coefficient (Wildman–Crippen LogP) is 2.65. The number of rotatable bonds is 4. The molecule has 0 saturated carbocycles. The Balaban J connectivity index is 1.59. The molecule has 0 radical (unpaired) electrons. The standard InChI is InChI=1S/C20H27N5O/c1-15(2)25-19-14-24(20(26)16-5-8-21-9-6-16)12-7-17(19)18(22-25)13-23-10-3-4-11-23/h5-6,8-9,15H,3-4,7,10-14H2,1-2H3. The van der Waals surface area contributed by atoms with E-state index in [0.717, 1.165) is 19.5 Å². The Morgan fingerprint density at radius 3 is 2.58 bits per heavy atom. The van der Waals surface area contributed by atoms with Crippen molar-refractivity contribution in [2.45, 2.75) is 52.2 Å². The summed E-state index contributed by atoms with van der Waals surface area (Å²) in [5, 5.41) is 4.95. The molecule has 0 aliphatic carbocycles. The smallest absolute Gasteiger partial charge is 0.254 e. The summed E-state index contributed by atoms with van der Waals surface area (Å²) in [5.41, 5.74) is 4.50. The van der Waals surface area contributed by atoms with Gasteiger partial charge in [-0.1, -0.05) is 0 Å². The first-order valence-electron chi connectivity index (χ1n) is 9.64. The van der Waals surface area contributed by atoms with E-state index in [0.29, 0.717) is 18.2 Å². The monoisotopic (exact) mass is 353 g/mol. The first-order chi connectivity index (χ1) is 12.6. The van der Waals surface area contributed by atoms with Gasteiger partial charge in [0.2, 0.25) is 0 Å². The van der Waals surface area contributed by atoms with Crippen LogP contribution in [0.1, 0.15) is 60.0 Å². The zero-order chi connectivity index (χ0) is 18.1. The Morgan fingerprint density at radius 2 is 1.88 bits per heavy atom. The molecule has 2 aliphatic rings. The number of nitrogens with zero attached hydrogens (tertiary/aromatic N) is 5. The number of carbonyl (C=O) groups is 1. The number of aromatic nitrogens is 3. The van der Waals surface area contributed by atoms with Crippen LogP contribution in [0.25, 0.3) is 0 Å². The molecule has 6 heteroatoms. The highest BCUT2D eigenvalue weighted by Crippen LogP contribution is 2.27. The number of hydrogen-bond donors (Lipinski definition) is 0. The van der Waals surface area contributed by atoms with Gasteiger partial charge < -0.3 is 4.90 Å². The van der Waals surface area contributed by atoms with E-state index >= 15 is 0 Å². The Labute approximate surface area is 154 Å². The van der Waals surface area contributed by atoms with Crippen molar-refractivity contribution >= 4 is 5.91 Å². The average Bonchev–Trinajstić information content (AvgIpc) is 3.30. The summed E-state index contributed by atoms with van der Waals surface area (Å²) < 4.78 is 2.13. The molecule has 4 rings (SSSR count). The summed E-state index contributed by atoms with van der Waals surface area (Å²) in [6, 6.07) is 3.87. The van der Waals surface area contributed by atoms with Gasteiger partial charge in [-0.05, 0) is 58.3 Å². The lowest BCUT2D eigenvalue weighted by Gasteiger charge is -2.29. The first-order valence-corrected chi connectivity index (χ1v) is 9.64. The SMILES string of the molecule is CC(C)n1nc(CN2CCCC2)c2c1CN(C(=O)c1ccncc1)CC2. The topological polar surface area (TPSA) is 54.3 Å². The fourth-order valence-corrected chi connectivity index (χ4v) is 4.08. The number of likely N-dealkylation sites (tertiary alicyclic amines) is 1. The van der Waals surface area contributed by atoms with Crippen molar-refractivity contribution in [1.82, 2.24) is 24.6 Å². The molecule has 138 valence electrons. The fourth-order valence-electron chi connectivity index (χ4n) is 4.08. The molecule has 0 N–H and O–H groups in total. The third-order valence-electron chi connectivity index (χ3n) is 5.45. The summed E-state index contributed by atoms with van der Waals surface area (Å²) >= 11 is 0. The van der Waals surface area contributed by atoms with Crippen molar-refractivity contribution in [2.75, 3.05) is 19.6 Å². The minimum Gasteiger partial charge on any atom is -0.332 e. The van der Waals surface area contributed by atoms with Crippen LogP contribution >= 0.6 is 0 Å². The molecule has 1 saturated heterocycles. The van der Waals surface area contributed by atoms with E-state index < -0.39 is 0 Å². The maximum Gasteiger partial charge on any atom is 0.254 e. The van der Waals surface area contributed by atoms with Gasteiger partial charge in [0.25, 0.3) is 5.91 Å². The van der Waals surface area contributed by atoms with Crippen LogP contribution in [0, 0.1) is 0 Å². The number of carbonyl (C=O) groups excluding carboxylic acids is 1. The van der Waals surface area contributed by atoms with Gasteiger partial charge in [0, 0.05) is 42.7 Å². The molecule has 2 aromatic rings. The molecule has 6 nitrogen and oxygen atoms in total. The van der Waals surface area contributed by atoms with Crippen LogP contribution in [0.4, 0.5) is 0 Å². The van der Waals surface area contributed by atoms with Crippen LogP contribution < -0.4 is 0 Å². The second-order valence-corrected chi connectivity index (χ2v) is 7.61. The highest BCUT2D eigenvalue weighted by Gasteiger charge is 2.29. The molecule has 0 atom stereocenters. The third-order valence-corrected chi connectivity index (χ3v) is 5.45. The second-order valence-electron chi connectivity index (χ2n) is 7.61. The highest BCUT2D eigenvalue weighted by molar-refractivity contribution is 5.94. The zero-order valence-electron chi connectivity index (χ0n) is 15.7. The van der Waals surface area contributed by atoms with Crippen LogP contribution in [0.5, 0.6) is 0 Å². The third kappa shape index (κ3) is 3.26. The van der Waals surface area contributed by atoms with Gasteiger partial charge in [-0.15, -0.1) is 0 Å². The molecular weight excluding hydrogens is 326 g/mol. The van der Waals surface area contributed by atoms with Gasteiger partial charge in [0.1, 0.15) is 0 Å². The van der Waals surface area contributed by atoms with E-state index in [1.165, 1.54) is 42.9 Å². The molecule has 2 aliphatic heterocycles. The average molecular weight is 353 g/mol. The van der Waals surface area contributed by atoms with Crippen molar-refractivity contribution in [3.05, 3.63) is 47.0 Å². The second kappa shape index (κ2) is 7.19. The number of amides is 1. The lowest BCUT2D eigenvalue weighted by atomic mass is 10.0. The molecule has 4 heterocycles. The molecule has 26 heavy (non-hydrogen) atoms. The molecule has 1 amide bonds. The van der Waals surface area contributed by atoms with E-state index in [1.54, 1.807) is 24.5 Å². The van der Waals surface area contributed by atoms with Crippen molar-refractivity contribution in [3.63, 3.8) is 0 Å². The van der Waals surface area contributed by atoms with Crippen molar-refractivity contribution in [3.8, 4) is 0 Å². The molecule has 0 aromatic carbocycles. The lowest BCUT2D eigenvalue weighted by Crippen LogP contribution is -2.37. The fraction of sp³-hybridized carbons (Fsp3) is 0.550. The minimum atomic E-state index is 0.0793. The van der Waals surface area contributed by atoms with Crippen molar-refractivity contribution in [2.24, 2.45) is 0 Å². The van der Waals surface area contributed by atoms with Gasteiger partial charge in [-0.2, -0.15) is 5.10 Å². The molecule has 0 spiro atoms. The van der Waals surface area contributed by atoms with Crippen LogP contribution in [0.2, 0.25) is 0 Å². The van der Waals surface area contributed by atoms with Gasteiger partial charge >= 0.3 is 0 Å². The summed E-state index contributed by atoms with van der Waals surface area (Å²) in [7, 11) is 0. The zero-order valence-corrected chi connectivity index (χ0v) is 15.7. The number of hydrogen-bond acceptors (Lipinski definition) is 4. The highest BCUT2D eigenvalue weighted by atomic mass is 16.2. The molecule has 2 aromatic heterocycles. The lowest BCUT2D eigenvalue weighted by molar-refractivity contribution is 0.0728. The Hall–Kier alpha value is -2.21. The van der Waals surface area contributed by atoms with E-state index in [9.17, 15) is 4.79 Å². The molecular formula is C20H27N5O. The van der Waals surface area contributed by atoms with E-state index in [-0.39, 0.29) is 5.91 Å². The largest absolute Gasteiger partial charge is 0.332 e. The first kappa shape index (κ1) is 17.2. The van der Waals surface area contributed by atoms with Gasteiger partial charge in [0.05, 0.1) is 17.9 Å². The van der Waals surface area contributed by atoms with Crippen LogP contribution in [0.3, 0.4) is 0 Å².